The molecule has 0 aliphatic heterocycles. The Hall–Kier alpha value is -2.59. The third-order valence-electron chi connectivity index (χ3n) is 4.49. The van der Waals surface area contributed by atoms with Gasteiger partial charge in [0, 0.05) is 45.1 Å². The van der Waals surface area contributed by atoms with Gasteiger partial charge in [0.1, 0.15) is 12.4 Å². The number of aromatic nitrogens is 5. The van der Waals surface area contributed by atoms with Crippen LogP contribution in [0.1, 0.15) is 40.8 Å². The maximum absolute atomic E-state index is 12.3. The maximum Gasteiger partial charge on any atom is 0.254 e. The Balaban J connectivity index is 1.57. The van der Waals surface area contributed by atoms with Gasteiger partial charge in [-0.3, -0.25) is 4.79 Å². The minimum atomic E-state index is -0.187. The fourth-order valence-corrected chi connectivity index (χ4v) is 2.98. The molecule has 0 saturated heterocycles. The Morgan fingerprint density at radius 2 is 2.08 bits per heavy atom. The monoisotopic (exact) mass is 361 g/mol. The summed E-state index contributed by atoms with van der Waals surface area (Å²) in [4.78, 5) is 20.3. The molecule has 10 nitrogen and oxygen atoms in total. The topological polar surface area (TPSA) is 127 Å². The fourth-order valence-electron chi connectivity index (χ4n) is 2.98. The zero-order valence-corrected chi connectivity index (χ0v) is 14.8. The van der Waals surface area contributed by atoms with E-state index in [0.717, 1.165) is 18.7 Å². The number of nitrogens with one attached hydrogen (secondary N) is 2. The van der Waals surface area contributed by atoms with Gasteiger partial charge in [-0.1, -0.05) is 0 Å². The Morgan fingerprint density at radius 1 is 1.35 bits per heavy atom. The third-order valence-corrected chi connectivity index (χ3v) is 4.49. The molecule has 2 heterocycles. The van der Waals surface area contributed by atoms with Crippen molar-refractivity contribution >= 4 is 11.9 Å². The molecule has 26 heavy (non-hydrogen) atoms. The molecule has 3 N–H and O–H groups in total. The number of rotatable bonds is 8. The molecule has 10 heteroatoms. The first-order chi connectivity index (χ1) is 12.7. The minimum Gasteiger partial charge on any atom is -0.388 e. The molecule has 0 bridgehead atoms. The van der Waals surface area contributed by atoms with Gasteiger partial charge in [0.05, 0.1) is 12.2 Å². The summed E-state index contributed by atoms with van der Waals surface area (Å²) in [5.74, 6) is 1.85. The van der Waals surface area contributed by atoms with Crippen molar-refractivity contribution in [3.05, 3.63) is 29.6 Å². The number of ether oxygens (including phenoxy) is 1. The number of aliphatic hydroxyl groups is 1. The SMILES string of the molecule is CNc1ncc(C(=O)NC2CC(c3nnc(CO)n3CCOC)C2)cn1. The van der Waals surface area contributed by atoms with Crippen molar-refractivity contribution in [2.24, 2.45) is 0 Å². The molecule has 140 valence electrons. The summed E-state index contributed by atoms with van der Waals surface area (Å²) in [5.41, 5.74) is 0.429. The van der Waals surface area contributed by atoms with Gasteiger partial charge in [0.2, 0.25) is 5.95 Å². The van der Waals surface area contributed by atoms with E-state index < -0.39 is 0 Å². The molecule has 1 saturated carbocycles. The first-order valence-corrected chi connectivity index (χ1v) is 8.48. The van der Waals surface area contributed by atoms with Crippen molar-refractivity contribution in [1.29, 1.82) is 0 Å². The lowest BCUT2D eigenvalue weighted by molar-refractivity contribution is 0.0905. The van der Waals surface area contributed by atoms with Gasteiger partial charge < -0.3 is 25.0 Å². The second kappa shape index (κ2) is 8.19. The summed E-state index contributed by atoms with van der Waals surface area (Å²) in [5, 5.41) is 23.4. The summed E-state index contributed by atoms with van der Waals surface area (Å²) in [6, 6.07) is 0.0710. The number of carbonyl (C=O) groups is 1. The predicted octanol–water partition coefficient (Wildman–Crippen LogP) is -0.0755. The van der Waals surface area contributed by atoms with Gasteiger partial charge in [-0.15, -0.1) is 10.2 Å². The van der Waals surface area contributed by atoms with Crippen molar-refractivity contribution < 1.29 is 14.6 Å². The number of hydrogen-bond donors (Lipinski definition) is 3. The van der Waals surface area contributed by atoms with E-state index in [1.807, 2.05) is 4.57 Å². The molecule has 1 fully saturated rings. The first kappa shape index (κ1) is 18.2. The molecule has 0 aromatic carbocycles. The molecule has 1 aliphatic rings. The third kappa shape index (κ3) is 3.81. The Kier molecular flexibility index (Phi) is 5.74. The predicted molar refractivity (Wildman–Crippen MR) is 92.6 cm³/mol. The van der Waals surface area contributed by atoms with E-state index >= 15 is 0 Å². The highest BCUT2D eigenvalue weighted by Gasteiger charge is 2.35. The first-order valence-electron chi connectivity index (χ1n) is 8.48. The lowest BCUT2D eigenvalue weighted by Crippen LogP contribution is -2.44. The van der Waals surface area contributed by atoms with Gasteiger partial charge >= 0.3 is 0 Å². The van der Waals surface area contributed by atoms with Crippen molar-refractivity contribution in [3.8, 4) is 0 Å². The number of methoxy groups -OCH3 is 1. The lowest BCUT2D eigenvalue weighted by atomic mass is 9.79. The van der Waals surface area contributed by atoms with Crippen molar-refractivity contribution in [2.45, 2.75) is 38.0 Å². The van der Waals surface area contributed by atoms with Crippen LogP contribution >= 0.6 is 0 Å². The lowest BCUT2D eigenvalue weighted by Gasteiger charge is -2.35. The number of aliphatic hydroxyl groups excluding tert-OH is 1. The van der Waals surface area contributed by atoms with Crippen LogP contribution in [0.25, 0.3) is 0 Å². The van der Waals surface area contributed by atoms with E-state index in [-0.39, 0.29) is 24.5 Å². The second-order valence-corrected chi connectivity index (χ2v) is 6.16. The normalized spacial score (nSPS) is 19.0. The molecule has 3 rings (SSSR count). The van der Waals surface area contributed by atoms with Crippen molar-refractivity contribution in [2.75, 3.05) is 26.1 Å². The maximum atomic E-state index is 12.3. The number of nitrogens with zero attached hydrogens (tertiary/aromatic N) is 5. The molecular formula is C16H23N7O3. The van der Waals surface area contributed by atoms with Gasteiger partial charge in [-0.05, 0) is 12.8 Å². The van der Waals surface area contributed by atoms with E-state index in [9.17, 15) is 9.90 Å². The van der Waals surface area contributed by atoms with Crippen molar-refractivity contribution in [3.63, 3.8) is 0 Å². The van der Waals surface area contributed by atoms with E-state index in [4.69, 9.17) is 4.74 Å². The molecule has 0 atom stereocenters. The zero-order chi connectivity index (χ0) is 18.5. The quantitative estimate of drug-likeness (QED) is 0.596. The highest BCUT2D eigenvalue weighted by atomic mass is 16.5. The second-order valence-electron chi connectivity index (χ2n) is 6.16. The van der Waals surface area contributed by atoms with Crippen LogP contribution in [0, 0.1) is 0 Å². The molecule has 2 aromatic rings. The summed E-state index contributed by atoms with van der Waals surface area (Å²) in [7, 11) is 3.35. The molecule has 1 amide bonds. The van der Waals surface area contributed by atoms with Gasteiger partial charge in [0.25, 0.3) is 5.91 Å². The van der Waals surface area contributed by atoms with E-state index in [2.05, 4.69) is 30.8 Å². The summed E-state index contributed by atoms with van der Waals surface area (Å²) < 4.78 is 7.01. The Morgan fingerprint density at radius 3 is 2.69 bits per heavy atom. The van der Waals surface area contributed by atoms with E-state index in [1.165, 1.54) is 12.4 Å². The largest absolute Gasteiger partial charge is 0.388 e. The van der Waals surface area contributed by atoms with Crippen molar-refractivity contribution in [1.82, 2.24) is 30.0 Å². The number of hydrogen-bond acceptors (Lipinski definition) is 8. The van der Waals surface area contributed by atoms with Gasteiger partial charge in [-0.2, -0.15) is 0 Å². The Bertz CT molecular complexity index is 741. The number of anilines is 1. The molecule has 0 spiro atoms. The number of carbonyl (C=O) groups excluding carboxylic acids is 1. The van der Waals surface area contributed by atoms with Crippen LogP contribution in [0.3, 0.4) is 0 Å². The van der Waals surface area contributed by atoms with Crippen LogP contribution in [-0.2, 0) is 17.9 Å². The van der Waals surface area contributed by atoms with Gasteiger partial charge in [-0.25, -0.2) is 9.97 Å². The number of amides is 1. The smallest absolute Gasteiger partial charge is 0.254 e. The molecule has 2 aromatic heterocycles. The summed E-state index contributed by atoms with van der Waals surface area (Å²) >= 11 is 0. The van der Waals surface area contributed by atoms with Gasteiger partial charge in [0.15, 0.2) is 5.82 Å². The van der Waals surface area contributed by atoms with Crippen LogP contribution < -0.4 is 10.6 Å². The summed E-state index contributed by atoms with van der Waals surface area (Å²) in [6.07, 6.45) is 4.55. The van der Waals surface area contributed by atoms with Crippen LogP contribution in [0.15, 0.2) is 12.4 Å². The average molecular weight is 361 g/mol. The average Bonchev–Trinajstić information content (AvgIpc) is 3.04. The standard InChI is InChI=1S/C16H23N7O3/c1-17-16-18-7-11(8-19-16)15(25)20-12-5-10(6-12)14-22-21-13(9-24)23(14)3-4-26-2/h7-8,10,12,24H,3-6,9H2,1-2H3,(H,20,25)(H,17,18,19). The van der Waals surface area contributed by atoms with Crippen LogP contribution in [0.2, 0.25) is 0 Å². The van der Waals surface area contributed by atoms with E-state index in [1.54, 1.807) is 14.2 Å². The molecular weight excluding hydrogens is 338 g/mol. The van der Waals surface area contributed by atoms with Crippen LogP contribution in [0.5, 0.6) is 0 Å². The molecule has 0 radical (unpaired) electrons. The summed E-state index contributed by atoms with van der Waals surface area (Å²) in [6.45, 7) is 0.956. The molecule has 1 aliphatic carbocycles. The highest BCUT2D eigenvalue weighted by molar-refractivity contribution is 5.93. The van der Waals surface area contributed by atoms with Crippen LogP contribution in [0.4, 0.5) is 5.95 Å². The fraction of sp³-hybridized carbons (Fsp3) is 0.562. The zero-order valence-electron chi connectivity index (χ0n) is 14.8. The van der Waals surface area contributed by atoms with E-state index in [0.29, 0.717) is 30.5 Å². The van der Waals surface area contributed by atoms with Crippen LogP contribution in [-0.4, -0.2) is 62.6 Å². The highest BCUT2D eigenvalue weighted by Crippen LogP contribution is 2.36. The minimum absolute atomic E-state index is 0.0710. The Labute approximate surface area is 151 Å². The molecule has 0 unspecified atom stereocenters.